The maximum Gasteiger partial charge on any atom is 0.573 e. The molecule has 0 saturated carbocycles. The molecule has 0 amide bonds. The largest absolute Gasteiger partial charge is 0.573 e. The number of ether oxygens (including phenoxy) is 1. The Morgan fingerprint density at radius 2 is 1.84 bits per heavy atom. The average molecular weight is 289 g/mol. The molecule has 2 aromatic rings. The van der Waals surface area contributed by atoms with Crippen molar-refractivity contribution in [3.63, 3.8) is 0 Å². The van der Waals surface area contributed by atoms with Crippen LogP contribution in [0.25, 0.3) is 0 Å². The summed E-state index contributed by atoms with van der Waals surface area (Å²) in [5.74, 6) is -0.294. The summed E-state index contributed by atoms with van der Waals surface area (Å²) in [6, 6.07) is 8.71. The number of halogens is 4. The molecule has 0 aliphatic carbocycles. The normalized spacial score (nSPS) is 11.2. The molecule has 19 heavy (non-hydrogen) atoms. The van der Waals surface area contributed by atoms with Gasteiger partial charge in [-0.05, 0) is 24.3 Å². The molecule has 0 spiro atoms. The second kappa shape index (κ2) is 5.36. The number of benzene rings is 1. The molecule has 100 valence electrons. The van der Waals surface area contributed by atoms with Crippen molar-refractivity contribution in [2.45, 2.75) is 6.36 Å². The first kappa shape index (κ1) is 13.5. The molecule has 0 radical (unpaired) electrons. The summed E-state index contributed by atoms with van der Waals surface area (Å²) in [7, 11) is 0. The maximum atomic E-state index is 12.1. The first-order chi connectivity index (χ1) is 8.92. The highest BCUT2D eigenvalue weighted by atomic mass is 35.5. The summed E-state index contributed by atoms with van der Waals surface area (Å²) in [4.78, 5) is 3.80. The van der Waals surface area contributed by atoms with Gasteiger partial charge in [-0.25, -0.2) is 4.98 Å². The number of hydrogen-bond donors (Lipinski definition) is 1. The molecule has 1 aromatic heterocycles. The lowest BCUT2D eigenvalue weighted by Gasteiger charge is -2.11. The number of rotatable bonds is 3. The van der Waals surface area contributed by atoms with E-state index in [1.165, 1.54) is 24.4 Å². The molecular formula is C12H8ClF3N2O. The number of nitrogens with one attached hydrogen (secondary N) is 1. The van der Waals surface area contributed by atoms with Crippen LogP contribution in [0.4, 0.5) is 24.5 Å². The average Bonchev–Trinajstić information content (AvgIpc) is 2.27. The van der Waals surface area contributed by atoms with Crippen LogP contribution in [0.3, 0.4) is 0 Å². The lowest BCUT2D eigenvalue weighted by molar-refractivity contribution is -0.274. The van der Waals surface area contributed by atoms with Gasteiger partial charge in [0.15, 0.2) is 0 Å². The number of nitrogens with zero attached hydrogens (tertiary/aromatic N) is 1. The highest BCUT2D eigenvalue weighted by molar-refractivity contribution is 6.29. The predicted octanol–water partition coefficient (Wildman–Crippen LogP) is 4.38. The van der Waals surface area contributed by atoms with Crippen LogP contribution in [-0.2, 0) is 0 Å². The third kappa shape index (κ3) is 4.33. The first-order valence-electron chi connectivity index (χ1n) is 5.17. The van der Waals surface area contributed by atoms with Gasteiger partial charge in [0.2, 0.25) is 0 Å². The second-order valence-electron chi connectivity index (χ2n) is 3.57. The molecule has 2 rings (SSSR count). The predicted molar refractivity (Wildman–Crippen MR) is 65.7 cm³/mol. The number of hydrogen-bond acceptors (Lipinski definition) is 3. The van der Waals surface area contributed by atoms with Gasteiger partial charge in [0.25, 0.3) is 0 Å². The maximum absolute atomic E-state index is 12.1. The van der Waals surface area contributed by atoms with Gasteiger partial charge < -0.3 is 10.1 Å². The fourth-order valence-electron chi connectivity index (χ4n) is 1.42. The summed E-state index contributed by atoms with van der Waals surface area (Å²) in [5.41, 5.74) is 1.06. The number of aromatic nitrogens is 1. The Hall–Kier alpha value is -1.95. The Morgan fingerprint density at radius 3 is 2.53 bits per heavy atom. The van der Waals surface area contributed by atoms with Crippen molar-refractivity contribution in [3.8, 4) is 5.75 Å². The van der Waals surface area contributed by atoms with Gasteiger partial charge in [-0.1, -0.05) is 17.7 Å². The topological polar surface area (TPSA) is 34.1 Å². The van der Waals surface area contributed by atoms with Crippen molar-refractivity contribution in [1.82, 2.24) is 4.98 Å². The van der Waals surface area contributed by atoms with Gasteiger partial charge in [-0.3, -0.25) is 0 Å². The van der Waals surface area contributed by atoms with E-state index in [0.29, 0.717) is 11.4 Å². The fraction of sp³-hybridized carbons (Fsp3) is 0.0833. The fourth-order valence-corrected chi connectivity index (χ4v) is 1.59. The zero-order valence-electron chi connectivity index (χ0n) is 9.41. The van der Waals surface area contributed by atoms with E-state index in [1.807, 2.05) is 0 Å². The monoisotopic (exact) mass is 288 g/mol. The number of anilines is 2. The van der Waals surface area contributed by atoms with E-state index < -0.39 is 6.36 Å². The van der Waals surface area contributed by atoms with Gasteiger partial charge in [0, 0.05) is 23.6 Å². The number of pyridine rings is 1. The van der Waals surface area contributed by atoms with E-state index in [-0.39, 0.29) is 10.9 Å². The minimum absolute atomic E-state index is 0.285. The van der Waals surface area contributed by atoms with Crippen molar-refractivity contribution in [1.29, 1.82) is 0 Å². The molecule has 0 aliphatic heterocycles. The Morgan fingerprint density at radius 1 is 1.11 bits per heavy atom. The van der Waals surface area contributed by atoms with Gasteiger partial charge >= 0.3 is 6.36 Å². The molecule has 1 heterocycles. The van der Waals surface area contributed by atoms with E-state index in [1.54, 1.807) is 18.2 Å². The smallest absolute Gasteiger partial charge is 0.406 e. The minimum Gasteiger partial charge on any atom is -0.406 e. The summed E-state index contributed by atoms with van der Waals surface area (Å²) in [5, 5.41) is 3.18. The standard InChI is InChI=1S/C12H8ClF3N2O/c13-11-7-9(4-5-17-11)18-8-2-1-3-10(6-8)19-12(14,15)16/h1-7H,(H,17,18). The lowest BCUT2D eigenvalue weighted by atomic mass is 10.3. The SMILES string of the molecule is FC(F)(F)Oc1cccc(Nc2ccnc(Cl)c2)c1. The van der Waals surface area contributed by atoms with E-state index >= 15 is 0 Å². The molecule has 3 nitrogen and oxygen atoms in total. The van der Waals surface area contributed by atoms with Crippen molar-refractivity contribution in [3.05, 3.63) is 47.7 Å². The minimum atomic E-state index is -4.71. The molecule has 7 heteroatoms. The van der Waals surface area contributed by atoms with E-state index in [9.17, 15) is 13.2 Å². The van der Waals surface area contributed by atoms with E-state index in [2.05, 4.69) is 15.0 Å². The van der Waals surface area contributed by atoms with E-state index in [4.69, 9.17) is 11.6 Å². The zero-order chi connectivity index (χ0) is 13.9. The van der Waals surface area contributed by atoms with Crippen LogP contribution < -0.4 is 10.1 Å². The summed E-state index contributed by atoms with van der Waals surface area (Å²) in [6.07, 6.45) is -3.22. The van der Waals surface area contributed by atoms with Crippen molar-refractivity contribution < 1.29 is 17.9 Å². The zero-order valence-corrected chi connectivity index (χ0v) is 10.2. The van der Waals surface area contributed by atoms with Crippen LogP contribution >= 0.6 is 11.6 Å². The highest BCUT2D eigenvalue weighted by Gasteiger charge is 2.31. The van der Waals surface area contributed by atoms with Gasteiger partial charge in [-0.2, -0.15) is 0 Å². The molecule has 0 aliphatic rings. The molecule has 0 fully saturated rings. The summed E-state index contributed by atoms with van der Waals surface area (Å²) < 4.78 is 40.1. The second-order valence-corrected chi connectivity index (χ2v) is 3.96. The molecule has 0 atom stereocenters. The molecule has 0 unspecified atom stereocenters. The van der Waals surface area contributed by atoms with Crippen LogP contribution in [0.2, 0.25) is 5.15 Å². The van der Waals surface area contributed by atoms with Crippen molar-refractivity contribution in [2.75, 3.05) is 5.32 Å². The quantitative estimate of drug-likeness (QED) is 0.851. The van der Waals surface area contributed by atoms with Crippen LogP contribution in [0, 0.1) is 0 Å². The van der Waals surface area contributed by atoms with Crippen LogP contribution in [0.5, 0.6) is 5.75 Å². The van der Waals surface area contributed by atoms with E-state index in [0.717, 1.165) is 0 Å². The van der Waals surface area contributed by atoms with Crippen LogP contribution in [-0.4, -0.2) is 11.3 Å². The van der Waals surface area contributed by atoms with Gasteiger partial charge in [0.05, 0.1) is 0 Å². The number of alkyl halides is 3. The Labute approximate surface area is 112 Å². The molecule has 1 aromatic carbocycles. The first-order valence-corrected chi connectivity index (χ1v) is 5.54. The van der Waals surface area contributed by atoms with Crippen LogP contribution in [0.1, 0.15) is 0 Å². The molecular weight excluding hydrogens is 281 g/mol. The lowest BCUT2D eigenvalue weighted by Crippen LogP contribution is -2.17. The third-order valence-electron chi connectivity index (χ3n) is 2.08. The third-order valence-corrected chi connectivity index (χ3v) is 2.29. The molecule has 0 saturated heterocycles. The molecule has 0 bridgehead atoms. The van der Waals surface area contributed by atoms with Crippen molar-refractivity contribution >= 4 is 23.0 Å². The van der Waals surface area contributed by atoms with Gasteiger partial charge in [-0.15, -0.1) is 13.2 Å². The Bertz CT molecular complexity index is 575. The van der Waals surface area contributed by atoms with Gasteiger partial charge in [0.1, 0.15) is 10.9 Å². The highest BCUT2D eigenvalue weighted by Crippen LogP contribution is 2.26. The molecule has 1 N–H and O–H groups in total. The summed E-state index contributed by atoms with van der Waals surface area (Å²) >= 11 is 5.70. The Kier molecular flexibility index (Phi) is 3.80. The van der Waals surface area contributed by atoms with Crippen molar-refractivity contribution in [2.24, 2.45) is 0 Å². The summed E-state index contributed by atoms with van der Waals surface area (Å²) in [6.45, 7) is 0. The Balaban J connectivity index is 2.15. The van der Waals surface area contributed by atoms with Crippen LogP contribution in [0.15, 0.2) is 42.6 Å².